The van der Waals surface area contributed by atoms with E-state index in [-0.39, 0.29) is 123 Å². The van der Waals surface area contributed by atoms with E-state index in [1.165, 1.54) is 0 Å². The van der Waals surface area contributed by atoms with Gasteiger partial charge >= 0.3 is 47.8 Å². The first-order valence-electron chi connectivity index (χ1n) is 34.7. The van der Waals surface area contributed by atoms with Gasteiger partial charge in [-0.15, -0.1) is 0 Å². The van der Waals surface area contributed by atoms with E-state index in [1.54, 1.807) is 38.7 Å². The molecule has 33 heteroatoms. The van der Waals surface area contributed by atoms with Gasteiger partial charge in [0.05, 0.1) is 38.5 Å². The van der Waals surface area contributed by atoms with Crippen LogP contribution in [0.2, 0.25) is 0 Å². The molecule has 0 aromatic heterocycles. The normalized spacial score (nSPS) is 17.6. The number of carboxylic acids is 7. The second-order valence-corrected chi connectivity index (χ2v) is 26.7. The van der Waals surface area contributed by atoms with Gasteiger partial charge in [-0.25, -0.2) is 19.2 Å². The summed E-state index contributed by atoms with van der Waals surface area (Å²) < 4.78 is 0. The zero-order valence-electron chi connectivity index (χ0n) is 58.5. The highest BCUT2D eigenvalue weighted by molar-refractivity contribution is 5.92. The number of nitrogens with one attached hydrogen (secondary N) is 8. The molecule has 566 valence electrons. The summed E-state index contributed by atoms with van der Waals surface area (Å²) in [4.78, 5) is 185. The lowest BCUT2D eigenvalue weighted by molar-refractivity contribution is -0.143. The maximum Gasteiger partial charge on any atom is 0.326 e. The molecule has 6 atom stereocenters. The van der Waals surface area contributed by atoms with Crippen LogP contribution >= 0.6 is 0 Å². The molecule has 3 aromatic carbocycles. The average molecular weight is 1450 g/mol. The molecule has 1 aliphatic carbocycles. The number of carbonyl (C=O) groups excluding carboxylic acids is 7. The summed E-state index contributed by atoms with van der Waals surface area (Å²) >= 11 is 0. The minimum atomic E-state index is -1.63. The Kier molecular flexibility index (Phi) is 35.1. The molecule has 33 nitrogen and oxygen atoms in total. The fraction of sp³-hybridized carbons (Fsp3) is 0.571. The lowest BCUT2D eigenvalue weighted by atomic mass is 9.81. The van der Waals surface area contributed by atoms with Crippen molar-refractivity contribution in [1.29, 1.82) is 0 Å². The van der Waals surface area contributed by atoms with Gasteiger partial charge in [0.25, 0.3) is 0 Å². The zero-order valence-corrected chi connectivity index (χ0v) is 58.5. The number of carboxylic acid groups (broad SMARTS) is 7. The van der Waals surface area contributed by atoms with Gasteiger partial charge < -0.3 is 78.3 Å². The zero-order chi connectivity index (χ0) is 75.7. The average Bonchev–Trinajstić information content (AvgIpc) is 0.836. The van der Waals surface area contributed by atoms with E-state index in [2.05, 4.69) is 56.4 Å². The van der Waals surface area contributed by atoms with E-state index in [0.29, 0.717) is 37.2 Å². The first kappa shape index (κ1) is 83.8. The molecule has 8 amide bonds. The van der Waals surface area contributed by atoms with E-state index in [9.17, 15) is 97.8 Å². The molecule has 103 heavy (non-hydrogen) atoms. The number of hydrogen-bond donors (Lipinski definition) is 15. The highest BCUT2D eigenvalue weighted by atomic mass is 16.4. The number of urea groups is 1. The van der Waals surface area contributed by atoms with Crippen molar-refractivity contribution >= 4 is 94.0 Å². The molecule has 0 radical (unpaired) electrons. The Bertz CT molecular complexity index is 3370. The number of aliphatic carboxylic acids is 7. The molecule has 15 N–H and O–H groups in total. The van der Waals surface area contributed by atoms with Crippen molar-refractivity contribution in [2.75, 3.05) is 98.2 Å². The molecule has 2 fully saturated rings. The summed E-state index contributed by atoms with van der Waals surface area (Å²) in [6, 6.07) is 12.4. The van der Waals surface area contributed by atoms with Crippen molar-refractivity contribution in [3.63, 3.8) is 0 Å². The van der Waals surface area contributed by atoms with Crippen molar-refractivity contribution in [3.8, 4) is 0 Å². The number of rotatable bonds is 40. The van der Waals surface area contributed by atoms with Crippen LogP contribution in [0, 0.1) is 17.8 Å². The Morgan fingerprint density at radius 1 is 0.437 bits per heavy atom. The van der Waals surface area contributed by atoms with Crippen LogP contribution in [0.1, 0.15) is 114 Å². The van der Waals surface area contributed by atoms with Gasteiger partial charge in [-0.3, -0.25) is 67.5 Å². The molecule has 1 saturated heterocycles. The van der Waals surface area contributed by atoms with Crippen molar-refractivity contribution in [1.82, 2.24) is 62.1 Å². The first-order valence-corrected chi connectivity index (χ1v) is 34.7. The van der Waals surface area contributed by atoms with Crippen molar-refractivity contribution in [2.24, 2.45) is 17.8 Å². The number of fused-ring (bicyclic) bond motifs is 1. The third-order valence-electron chi connectivity index (χ3n) is 18.0. The SMILES string of the molecule is CC(C)Cc1ccc(C(C)C(=O)NC(CC(=O)NCCC(NC(=O)CN2CCN(CC(=O)O)CCN(CC(=O)O)CCN(CC(=O)O)CC2)C(=O)NCC2CCC(C(=O)NC(Cc3ccc4ccccc4c3)C(=O)NCCCCC(NC(=O)NC(CCC(=O)O)C(=O)O)C(=O)O)CC2)C(=O)O)cc1. The summed E-state index contributed by atoms with van der Waals surface area (Å²) in [6.45, 7) is 4.97. The third-order valence-corrected chi connectivity index (χ3v) is 18.0. The van der Waals surface area contributed by atoms with Crippen LogP contribution in [0.3, 0.4) is 0 Å². The molecule has 1 saturated carbocycles. The van der Waals surface area contributed by atoms with E-state index < -0.39 is 158 Å². The van der Waals surface area contributed by atoms with E-state index in [4.69, 9.17) is 5.11 Å². The monoisotopic (exact) mass is 1440 g/mol. The van der Waals surface area contributed by atoms with Crippen LogP contribution in [0.4, 0.5) is 4.79 Å². The summed E-state index contributed by atoms with van der Waals surface area (Å²) in [5.74, 6) is -13.9. The van der Waals surface area contributed by atoms with Crippen LogP contribution in [-0.2, 0) is 75.2 Å². The second-order valence-electron chi connectivity index (χ2n) is 26.7. The van der Waals surface area contributed by atoms with Gasteiger partial charge in [0.2, 0.25) is 35.4 Å². The van der Waals surface area contributed by atoms with Gasteiger partial charge in [-0.05, 0) is 110 Å². The van der Waals surface area contributed by atoms with Crippen LogP contribution in [0.15, 0.2) is 66.7 Å². The predicted molar refractivity (Wildman–Crippen MR) is 372 cm³/mol. The quantitative estimate of drug-likeness (QED) is 0.0346. The molecule has 0 spiro atoms. The molecule has 0 bridgehead atoms. The fourth-order valence-corrected chi connectivity index (χ4v) is 12.2. The lowest BCUT2D eigenvalue weighted by Crippen LogP contribution is -2.53. The first-order chi connectivity index (χ1) is 48.9. The van der Waals surface area contributed by atoms with Crippen LogP contribution in [-0.4, -0.2) is 267 Å². The van der Waals surface area contributed by atoms with Gasteiger partial charge in [0, 0.05) is 90.8 Å². The fourth-order valence-electron chi connectivity index (χ4n) is 12.2. The number of hydrogen-bond acceptors (Lipinski definition) is 18. The van der Waals surface area contributed by atoms with Crippen LogP contribution in [0.5, 0.6) is 0 Å². The predicted octanol–water partition coefficient (Wildman–Crippen LogP) is 0.575. The topological polar surface area (TPSA) is 490 Å². The maximum atomic E-state index is 14.3. The minimum Gasteiger partial charge on any atom is -0.481 e. The van der Waals surface area contributed by atoms with Gasteiger partial charge in [-0.2, -0.15) is 0 Å². The van der Waals surface area contributed by atoms with Crippen molar-refractivity contribution < 1.29 is 103 Å². The Morgan fingerprint density at radius 3 is 1.48 bits per heavy atom. The summed E-state index contributed by atoms with van der Waals surface area (Å²) in [5.41, 5.74) is 2.45. The Balaban J connectivity index is 1.24. The highest BCUT2D eigenvalue weighted by Gasteiger charge is 2.33. The van der Waals surface area contributed by atoms with Crippen LogP contribution in [0.25, 0.3) is 10.8 Å². The number of unbranched alkanes of at least 4 members (excludes halogenated alkanes) is 1. The van der Waals surface area contributed by atoms with Gasteiger partial charge in [0.1, 0.15) is 30.2 Å². The van der Waals surface area contributed by atoms with E-state index in [0.717, 1.165) is 28.3 Å². The Hall–Kier alpha value is -9.86. The van der Waals surface area contributed by atoms with Gasteiger partial charge in [0.15, 0.2) is 0 Å². The molecule has 2 aliphatic rings. The molecule has 1 heterocycles. The molecule has 5 rings (SSSR count). The van der Waals surface area contributed by atoms with E-state index in [1.807, 2.05) is 54.6 Å². The van der Waals surface area contributed by atoms with Crippen LogP contribution < -0.4 is 42.5 Å². The summed E-state index contributed by atoms with van der Waals surface area (Å²) in [7, 11) is 0. The molecule has 3 aromatic rings. The van der Waals surface area contributed by atoms with E-state index >= 15 is 0 Å². The minimum absolute atomic E-state index is 0.0400. The standard InChI is InChI=1S/C70H100N12O21/c1-43(2)34-45-11-16-48(17-12-45)44(3)63(93)76-56(69(101)102)37-57(83)71-25-23-52(74-58(84)39-79-26-28-80(40-60(87)88)30-32-82(42-62(91)92)33-31-81(29-27-79)41-61(89)90)65(95)73-38-46-13-19-50(20-14-46)64(94)75-55(36-47-15-18-49-8-4-5-9-51(49)35-47)66(96)72-24-7-6-10-53(67(97)98)77-70(103)78-54(68(99)100)21-22-59(85)86/h4-5,8-9,11-12,15-18,35,43-44,46,50,52-56H,6-7,10,13-14,19-34,36-42H2,1-3H3,(H,71,83)(H,72,96)(H,73,95)(H,74,84)(H,75,94)(H,76,93)(H,85,86)(H,87,88)(H,89,90)(H,91,92)(H,97,98)(H,99,100)(H,101,102)(H2,77,78,103). The van der Waals surface area contributed by atoms with Crippen molar-refractivity contribution in [2.45, 2.75) is 140 Å². The highest BCUT2D eigenvalue weighted by Crippen LogP contribution is 2.29. The Labute approximate surface area is 596 Å². The number of carbonyl (C=O) groups is 14. The second kappa shape index (κ2) is 43.2. The number of amides is 8. The third kappa shape index (κ3) is 31.5. The summed E-state index contributed by atoms with van der Waals surface area (Å²) in [5, 5.41) is 89.9. The van der Waals surface area contributed by atoms with Gasteiger partial charge in [-0.1, -0.05) is 80.6 Å². The molecular weight excluding hydrogens is 1340 g/mol. The Morgan fingerprint density at radius 2 is 0.951 bits per heavy atom. The smallest absolute Gasteiger partial charge is 0.326 e. The molecule has 1 aliphatic heterocycles. The number of nitrogens with zero attached hydrogens (tertiary/aromatic N) is 4. The van der Waals surface area contributed by atoms with Crippen molar-refractivity contribution in [3.05, 3.63) is 83.4 Å². The lowest BCUT2D eigenvalue weighted by Gasteiger charge is -2.33. The molecular formula is C70H100N12O21. The molecule has 6 unspecified atom stereocenters. The number of benzene rings is 3. The maximum absolute atomic E-state index is 14.3. The summed E-state index contributed by atoms with van der Waals surface area (Å²) in [6.07, 6.45) is 0.884. The largest absolute Gasteiger partial charge is 0.481 e.